The number of benzene rings is 3. The Hall–Kier alpha value is -4.01. The number of hydrogen-bond donors (Lipinski definition) is 1. The van der Waals surface area contributed by atoms with Gasteiger partial charge in [0.1, 0.15) is 11.5 Å². The Kier molecular flexibility index (Phi) is 8.00. The SMILES string of the molecule is COc1ccc(CNc2nc3c(c(=O)n2-c2ccccc2OC)CC(C)N(C(=O)c2ccc(Cl)c(Cl)c2)C3)cc1. The predicted octanol–water partition coefficient (Wildman–Crippen LogP) is 5.76. The lowest BCUT2D eigenvalue weighted by molar-refractivity contribution is 0.0653. The van der Waals surface area contributed by atoms with Crippen LogP contribution in [0, 0.1) is 0 Å². The standard InChI is InChI=1S/C30H28Cl2N4O4/c1-18-14-22-25(17-35(18)28(37)20-10-13-23(31)24(32)15-20)34-30(33-16-19-8-11-21(39-2)12-9-19)36(29(22)38)26-6-4-5-7-27(26)40-3/h4-13,15,18H,14,16-17H2,1-3H3,(H,33,34). The smallest absolute Gasteiger partial charge is 0.263 e. The van der Waals surface area contributed by atoms with Gasteiger partial charge in [-0.15, -0.1) is 0 Å². The van der Waals surface area contributed by atoms with Crippen molar-refractivity contribution in [2.75, 3.05) is 19.5 Å². The van der Waals surface area contributed by atoms with Crippen molar-refractivity contribution in [2.24, 2.45) is 0 Å². The second kappa shape index (κ2) is 11.6. The highest BCUT2D eigenvalue weighted by Crippen LogP contribution is 2.29. The Balaban J connectivity index is 1.55. The summed E-state index contributed by atoms with van der Waals surface area (Å²) < 4.78 is 12.4. The molecule has 5 rings (SSSR count). The lowest BCUT2D eigenvalue weighted by Gasteiger charge is -2.34. The average Bonchev–Trinajstić information content (AvgIpc) is 2.97. The minimum Gasteiger partial charge on any atom is -0.497 e. The van der Waals surface area contributed by atoms with Gasteiger partial charge in [-0.05, 0) is 61.4 Å². The van der Waals surface area contributed by atoms with E-state index in [1.807, 2.05) is 49.4 Å². The number of para-hydroxylation sites is 2. The number of carbonyl (C=O) groups excluding carboxylic acids is 1. The Morgan fingerprint density at radius 2 is 1.77 bits per heavy atom. The largest absolute Gasteiger partial charge is 0.497 e. The number of hydrogen-bond acceptors (Lipinski definition) is 6. The number of fused-ring (bicyclic) bond motifs is 1. The van der Waals surface area contributed by atoms with Crippen LogP contribution in [0.1, 0.15) is 34.1 Å². The zero-order valence-corrected chi connectivity index (χ0v) is 23.8. The van der Waals surface area contributed by atoms with E-state index in [0.29, 0.717) is 57.2 Å². The van der Waals surface area contributed by atoms with Gasteiger partial charge in [0.15, 0.2) is 0 Å². The first-order chi connectivity index (χ1) is 19.3. The summed E-state index contributed by atoms with van der Waals surface area (Å²) in [4.78, 5) is 34.1. The number of nitrogens with one attached hydrogen (secondary N) is 1. The number of ether oxygens (including phenoxy) is 2. The van der Waals surface area contributed by atoms with Gasteiger partial charge in [0.25, 0.3) is 11.5 Å². The molecule has 0 saturated carbocycles. The molecule has 2 heterocycles. The van der Waals surface area contributed by atoms with Crippen molar-refractivity contribution in [1.29, 1.82) is 0 Å². The van der Waals surface area contributed by atoms with Crippen LogP contribution in [0.15, 0.2) is 71.5 Å². The lowest BCUT2D eigenvalue weighted by atomic mass is 9.98. The van der Waals surface area contributed by atoms with Crippen LogP contribution < -0.4 is 20.3 Å². The third-order valence-corrected chi connectivity index (χ3v) is 7.72. The summed E-state index contributed by atoms with van der Waals surface area (Å²) >= 11 is 12.2. The number of methoxy groups -OCH3 is 2. The highest BCUT2D eigenvalue weighted by molar-refractivity contribution is 6.42. The second-order valence-electron chi connectivity index (χ2n) is 9.49. The van der Waals surface area contributed by atoms with Gasteiger partial charge in [-0.3, -0.25) is 9.59 Å². The summed E-state index contributed by atoms with van der Waals surface area (Å²) in [5, 5.41) is 4.01. The molecule has 0 saturated heterocycles. The van der Waals surface area contributed by atoms with E-state index in [1.54, 1.807) is 48.0 Å². The van der Waals surface area contributed by atoms with Crippen molar-refractivity contribution in [3.8, 4) is 17.2 Å². The van der Waals surface area contributed by atoms with Crippen molar-refractivity contribution in [3.63, 3.8) is 0 Å². The monoisotopic (exact) mass is 578 g/mol. The van der Waals surface area contributed by atoms with Crippen LogP contribution in [0.3, 0.4) is 0 Å². The molecular weight excluding hydrogens is 551 g/mol. The number of nitrogens with zero attached hydrogens (tertiary/aromatic N) is 3. The van der Waals surface area contributed by atoms with E-state index in [0.717, 1.165) is 11.3 Å². The molecule has 1 amide bonds. The number of amides is 1. The van der Waals surface area contributed by atoms with Crippen molar-refractivity contribution in [2.45, 2.75) is 32.5 Å². The molecule has 1 aliphatic rings. The molecule has 206 valence electrons. The molecule has 1 atom stereocenters. The quantitative estimate of drug-likeness (QED) is 0.300. The van der Waals surface area contributed by atoms with E-state index >= 15 is 0 Å². The van der Waals surface area contributed by atoms with E-state index in [2.05, 4.69) is 5.32 Å². The minimum absolute atomic E-state index is 0.175. The molecule has 0 spiro atoms. The maximum atomic E-state index is 14.0. The van der Waals surface area contributed by atoms with Gasteiger partial charge in [0.05, 0.1) is 42.2 Å². The third-order valence-electron chi connectivity index (χ3n) is 6.98. The molecule has 1 N–H and O–H groups in total. The van der Waals surface area contributed by atoms with Gasteiger partial charge in [0, 0.05) is 23.7 Å². The van der Waals surface area contributed by atoms with Crippen LogP contribution in [0.25, 0.3) is 5.69 Å². The average molecular weight is 579 g/mol. The van der Waals surface area contributed by atoms with Crippen LogP contribution in [0.4, 0.5) is 5.95 Å². The van der Waals surface area contributed by atoms with E-state index in [9.17, 15) is 9.59 Å². The number of anilines is 1. The first-order valence-corrected chi connectivity index (χ1v) is 13.5. The molecule has 40 heavy (non-hydrogen) atoms. The third kappa shape index (κ3) is 5.37. The summed E-state index contributed by atoms with van der Waals surface area (Å²) in [7, 11) is 3.18. The molecule has 3 aromatic carbocycles. The minimum atomic E-state index is -0.242. The molecule has 0 aliphatic carbocycles. The molecular formula is C30H28Cl2N4O4. The molecule has 8 nitrogen and oxygen atoms in total. The Labute approximate surface area is 242 Å². The lowest BCUT2D eigenvalue weighted by Crippen LogP contribution is -2.46. The van der Waals surface area contributed by atoms with Crippen molar-refractivity contribution in [3.05, 3.63) is 110 Å². The molecule has 1 unspecified atom stereocenters. The zero-order valence-electron chi connectivity index (χ0n) is 22.3. The Bertz CT molecular complexity index is 1620. The molecule has 0 radical (unpaired) electrons. The van der Waals surface area contributed by atoms with Gasteiger partial charge in [-0.2, -0.15) is 0 Å². The zero-order chi connectivity index (χ0) is 28.4. The fraction of sp³-hybridized carbons (Fsp3) is 0.233. The van der Waals surface area contributed by atoms with Gasteiger partial charge >= 0.3 is 0 Å². The summed E-state index contributed by atoms with van der Waals surface area (Å²) in [6.07, 6.45) is 0.349. The van der Waals surface area contributed by atoms with Crippen molar-refractivity contribution < 1.29 is 14.3 Å². The normalized spacial score (nSPS) is 14.4. The van der Waals surface area contributed by atoms with Gasteiger partial charge in [-0.1, -0.05) is 47.5 Å². The molecule has 1 aliphatic heterocycles. The number of rotatable bonds is 7. The van der Waals surface area contributed by atoms with Crippen molar-refractivity contribution >= 4 is 35.1 Å². The summed E-state index contributed by atoms with van der Waals surface area (Å²) in [5.41, 5.74) is 2.87. The van der Waals surface area contributed by atoms with Crippen LogP contribution >= 0.6 is 23.2 Å². The highest BCUT2D eigenvalue weighted by Gasteiger charge is 2.32. The van der Waals surface area contributed by atoms with Gasteiger partial charge in [0.2, 0.25) is 5.95 Å². The first-order valence-electron chi connectivity index (χ1n) is 12.7. The van der Waals surface area contributed by atoms with Crippen LogP contribution in [0.2, 0.25) is 10.0 Å². The van der Waals surface area contributed by atoms with Crippen molar-refractivity contribution in [1.82, 2.24) is 14.5 Å². The van der Waals surface area contributed by atoms with Gasteiger partial charge < -0.3 is 19.7 Å². The summed E-state index contributed by atoms with van der Waals surface area (Å²) in [6.45, 7) is 2.50. The van der Waals surface area contributed by atoms with Gasteiger partial charge in [-0.25, -0.2) is 9.55 Å². The highest BCUT2D eigenvalue weighted by atomic mass is 35.5. The first kappa shape index (κ1) is 27.6. The number of aromatic nitrogens is 2. The fourth-order valence-electron chi connectivity index (χ4n) is 4.81. The Morgan fingerprint density at radius 1 is 1.02 bits per heavy atom. The van der Waals surface area contributed by atoms with Crippen LogP contribution in [-0.2, 0) is 19.5 Å². The topological polar surface area (TPSA) is 85.7 Å². The van der Waals surface area contributed by atoms with Crippen LogP contribution in [0.5, 0.6) is 11.5 Å². The fourth-order valence-corrected chi connectivity index (χ4v) is 5.10. The van der Waals surface area contributed by atoms with E-state index < -0.39 is 0 Å². The second-order valence-corrected chi connectivity index (χ2v) is 10.3. The predicted molar refractivity (Wildman–Crippen MR) is 156 cm³/mol. The molecule has 0 bridgehead atoms. The van der Waals surface area contributed by atoms with Crippen LogP contribution in [-0.4, -0.2) is 40.6 Å². The van der Waals surface area contributed by atoms with E-state index in [-0.39, 0.29) is 24.1 Å². The molecule has 1 aromatic heterocycles. The van der Waals surface area contributed by atoms with E-state index in [1.165, 1.54) is 0 Å². The Morgan fingerprint density at radius 3 is 2.48 bits per heavy atom. The maximum absolute atomic E-state index is 14.0. The van der Waals surface area contributed by atoms with E-state index in [4.69, 9.17) is 37.7 Å². The summed E-state index contributed by atoms with van der Waals surface area (Å²) in [5.74, 6) is 1.43. The number of carbonyl (C=O) groups is 1. The number of halogens is 2. The molecule has 0 fully saturated rings. The summed E-state index contributed by atoms with van der Waals surface area (Å²) in [6, 6.07) is 19.5. The maximum Gasteiger partial charge on any atom is 0.263 e. The molecule has 10 heteroatoms. The molecule has 4 aromatic rings.